The van der Waals surface area contributed by atoms with Gasteiger partial charge in [0.15, 0.2) is 0 Å². The van der Waals surface area contributed by atoms with E-state index in [1.54, 1.807) is 18.2 Å². The molecule has 3 nitrogen and oxygen atoms in total. The Morgan fingerprint density at radius 3 is 2.40 bits per heavy atom. The normalized spacial score (nSPS) is 12.3. The largest absolute Gasteiger partial charge is 0.471 e. The first-order valence-corrected chi connectivity index (χ1v) is 6.24. The van der Waals surface area contributed by atoms with E-state index >= 15 is 0 Å². The molecular formula is C13H10BrF3N2O. The summed E-state index contributed by atoms with van der Waals surface area (Å²) >= 11 is 3.19. The van der Waals surface area contributed by atoms with Crippen LogP contribution in [0.1, 0.15) is 11.6 Å². The molecule has 0 radical (unpaired) electrons. The van der Waals surface area contributed by atoms with E-state index in [4.69, 9.17) is 5.26 Å². The van der Waals surface area contributed by atoms with Gasteiger partial charge in [0.25, 0.3) is 0 Å². The maximum absolute atomic E-state index is 12.6. The molecule has 0 saturated heterocycles. The monoisotopic (exact) mass is 346 g/mol. The van der Waals surface area contributed by atoms with E-state index in [2.05, 4.69) is 22.5 Å². The molecule has 0 N–H and O–H groups in total. The molecular weight excluding hydrogens is 337 g/mol. The predicted molar refractivity (Wildman–Crippen MR) is 70.5 cm³/mol. The lowest BCUT2D eigenvalue weighted by Crippen LogP contribution is -2.43. The second kappa shape index (κ2) is 6.57. The summed E-state index contributed by atoms with van der Waals surface area (Å²) in [5.41, 5.74) is 0.301. The number of hydrogen-bond acceptors (Lipinski definition) is 2. The van der Waals surface area contributed by atoms with Crippen molar-refractivity contribution in [1.29, 1.82) is 5.26 Å². The van der Waals surface area contributed by atoms with Gasteiger partial charge in [-0.2, -0.15) is 18.4 Å². The summed E-state index contributed by atoms with van der Waals surface area (Å²) in [6.45, 7) is 2.94. The molecule has 7 heteroatoms. The number of carbonyl (C=O) groups is 1. The standard InChI is InChI=1S/C13H10BrF3N2O/c1-2-7-19(12(20)13(15,16)17)11(8-18)9-3-5-10(14)6-4-9/h2-6,11H,1,7H2/t11-/m1/s1. The molecule has 1 amide bonds. The third kappa shape index (κ3) is 3.84. The van der Waals surface area contributed by atoms with E-state index in [0.717, 1.165) is 10.5 Å². The van der Waals surface area contributed by atoms with E-state index in [9.17, 15) is 18.0 Å². The summed E-state index contributed by atoms with van der Waals surface area (Å²) in [5.74, 6) is -2.06. The van der Waals surface area contributed by atoms with Crippen molar-refractivity contribution < 1.29 is 18.0 Å². The molecule has 0 aromatic heterocycles. The highest BCUT2D eigenvalue weighted by Gasteiger charge is 2.44. The molecule has 0 spiro atoms. The second-order valence-corrected chi connectivity index (χ2v) is 4.74. The first-order chi connectivity index (χ1) is 9.31. The van der Waals surface area contributed by atoms with Crippen LogP contribution in [-0.4, -0.2) is 23.5 Å². The van der Waals surface area contributed by atoms with Crippen LogP contribution in [0.2, 0.25) is 0 Å². The van der Waals surface area contributed by atoms with Gasteiger partial charge in [0.2, 0.25) is 0 Å². The van der Waals surface area contributed by atoms with Gasteiger partial charge in [-0.3, -0.25) is 4.79 Å². The first-order valence-electron chi connectivity index (χ1n) is 5.45. The van der Waals surface area contributed by atoms with Gasteiger partial charge in [0, 0.05) is 11.0 Å². The molecule has 1 rings (SSSR count). The van der Waals surface area contributed by atoms with Crippen LogP contribution in [0, 0.1) is 11.3 Å². The van der Waals surface area contributed by atoms with E-state index in [0.29, 0.717) is 10.5 Å². The van der Waals surface area contributed by atoms with Gasteiger partial charge in [-0.1, -0.05) is 34.1 Å². The highest BCUT2D eigenvalue weighted by atomic mass is 79.9. The van der Waals surface area contributed by atoms with Gasteiger partial charge in [0.1, 0.15) is 6.04 Å². The number of benzene rings is 1. The summed E-state index contributed by atoms with van der Waals surface area (Å²) in [7, 11) is 0. The lowest BCUT2D eigenvalue weighted by Gasteiger charge is -2.27. The zero-order chi connectivity index (χ0) is 15.3. The van der Waals surface area contributed by atoms with E-state index in [1.165, 1.54) is 12.1 Å². The fourth-order valence-corrected chi connectivity index (χ4v) is 1.84. The van der Waals surface area contributed by atoms with Gasteiger partial charge in [-0.25, -0.2) is 0 Å². The molecule has 106 valence electrons. The Bertz CT molecular complexity index is 534. The summed E-state index contributed by atoms with van der Waals surface area (Å²) in [6, 6.07) is 6.54. The zero-order valence-corrected chi connectivity index (χ0v) is 11.8. The SMILES string of the molecule is C=CCN(C(=O)C(F)(F)F)[C@H](C#N)c1ccc(Br)cc1. The molecule has 0 aliphatic rings. The molecule has 0 unspecified atom stereocenters. The topological polar surface area (TPSA) is 44.1 Å². The van der Waals surface area contributed by atoms with Gasteiger partial charge in [-0.05, 0) is 17.7 Å². The van der Waals surface area contributed by atoms with Crippen LogP contribution in [0.4, 0.5) is 13.2 Å². The average molecular weight is 347 g/mol. The van der Waals surface area contributed by atoms with Crippen LogP contribution in [0.25, 0.3) is 0 Å². The van der Waals surface area contributed by atoms with E-state index in [1.807, 2.05) is 0 Å². The molecule has 0 saturated carbocycles. The van der Waals surface area contributed by atoms with Crippen molar-refractivity contribution in [2.75, 3.05) is 6.54 Å². The van der Waals surface area contributed by atoms with Crippen molar-refractivity contribution in [2.45, 2.75) is 12.2 Å². The Kier molecular flexibility index (Phi) is 5.34. The van der Waals surface area contributed by atoms with Crippen molar-refractivity contribution in [2.24, 2.45) is 0 Å². The number of carbonyl (C=O) groups excluding carboxylic acids is 1. The Balaban J connectivity index is 3.17. The number of alkyl halides is 3. The molecule has 1 aromatic carbocycles. The van der Waals surface area contributed by atoms with Crippen LogP contribution in [0.5, 0.6) is 0 Å². The lowest BCUT2D eigenvalue weighted by molar-refractivity contribution is -0.186. The highest BCUT2D eigenvalue weighted by Crippen LogP contribution is 2.27. The van der Waals surface area contributed by atoms with Crippen LogP contribution in [0.3, 0.4) is 0 Å². The third-order valence-electron chi connectivity index (χ3n) is 2.45. The van der Waals surface area contributed by atoms with Crippen molar-refractivity contribution in [3.63, 3.8) is 0 Å². The lowest BCUT2D eigenvalue weighted by atomic mass is 10.1. The molecule has 0 aliphatic carbocycles. The maximum Gasteiger partial charge on any atom is 0.471 e. The molecule has 0 aliphatic heterocycles. The van der Waals surface area contributed by atoms with Crippen LogP contribution in [0.15, 0.2) is 41.4 Å². The van der Waals surface area contributed by atoms with Crippen molar-refractivity contribution in [3.8, 4) is 6.07 Å². The van der Waals surface area contributed by atoms with Crippen molar-refractivity contribution >= 4 is 21.8 Å². The van der Waals surface area contributed by atoms with Gasteiger partial charge < -0.3 is 4.90 Å². The molecule has 1 atom stereocenters. The quantitative estimate of drug-likeness (QED) is 0.782. The molecule has 0 heterocycles. The maximum atomic E-state index is 12.6. The summed E-state index contributed by atoms with van der Waals surface area (Å²) < 4.78 is 38.4. The fraction of sp³-hybridized carbons (Fsp3) is 0.231. The van der Waals surface area contributed by atoms with E-state index < -0.39 is 18.1 Å². The Hall–Kier alpha value is -1.81. The average Bonchev–Trinajstić information content (AvgIpc) is 2.38. The van der Waals surface area contributed by atoms with Gasteiger partial charge in [-0.15, -0.1) is 6.58 Å². The smallest absolute Gasteiger partial charge is 0.311 e. The number of amides is 1. The van der Waals surface area contributed by atoms with Crippen LogP contribution in [-0.2, 0) is 4.79 Å². The summed E-state index contributed by atoms with van der Waals surface area (Å²) in [4.78, 5) is 11.8. The summed E-state index contributed by atoms with van der Waals surface area (Å²) in [5, 5.41) is 9.10. The van der Waals surface area contributed by atoms with Gasteiger partial charge >= 0.3 is 12.1 Å². The predicted octanol–water partition coefficient (Wildman–Crippen LogP) is 3.59. The fourth-order valence-electron chi connectivity index (χ4n) is 1.58. The second-order valence-electron chi connectivity index (χ2n) is 3.83. The highest BCUT2D eigenvalue weighted by molar-refractivity contribution is 9.10. The number of halogens is 4. The number of nitrogens with zero attached hydrogens (tertiary/aromatic N) is 2. The Labute approximate surface area is 122 Å². The van der Waals surface area contributed by atoms with E-state index in [-0.39, 0.29) is 6.54 Å². The molecule has 0 bridgehead atoms. The van der Waals surface area contributed by atoms with Crippen molar-refractivity contribution in [3.05, 3.63) is 47.0 Å². The summed E-state index contributed by atoms with van der Waals surface area (Å²) in [6.07, 6.45) is -3.89. The number of hydrogen-bond donors (Lipinski definition) is 0. The molecule has 0 fully saturated rings. The van der Waals surface area contributed by atoms with Gasteiger partial charge in [0.05, 0.1) is 6.07 Å². The third-order valence-corrected chi connectivity index (χ3v) is 2.98. The minimum absolute atomic E-state index is 0.301. The zero-order valence-electron chi connectivity index (χ0n) is 10.2. The minimum atomic E-state index is -5.03. The van der Waals surface area contributed by atoms with Crippen LogP contribution < -0.4 is 0 Å². The first kappa shape index (κ1) is 16.2. The van der Waals surface area contributed by atoms with Crippen LogP contribution >= 0.6 is 15.9 Å². The number of nitriles is 1. The van der Waals surface area contributed by atoms with Crippen molar-refractivity contribution in [1.82, 2.24) is 4.90 Å². The Morgan fingerprint density at radius 1 is 1.45 bits per heavy atom. The minimum Gasteiger partial charge on any atom is -0.311 e. The molecule has 20 heavy (non-hydrogen) atoms. The Morgan fingerprint density at radius 2 is 2.00 bits per heavy atom. The molecule has 1 aromatic rings. The number of rotatable bonds is 4.